The lowest BCUT2D eigenvalue weighted by molar-refractivity contribution is 0.218. The minimum atomic E-state index is -0.460. The zero-order valence-electron chi connectivity index (χ0n) is 11.3. The normalized spacial score (nSPS) is 11.0. The van der Waals surface area contributed by atoms with Crippen molar-refractivity contribution < 1.29 is 14.6 Å². The average molecular weight is 331 g/mol. The number of hydrogen-bond donors (Lipinski definition) is 3. The second kappa shape index (κ2) is 6.77. The third-order valence-electron chi connectivity index (χ3n) is 2.60. The first kappa shape index (κ1) is 15.8. The molecule has 0 bridgehead atoms. The molecule has 1 rings (SSSR count). The fourth-order valence-electron chi connectivity index (χ4n) is 1.55. The topological polar surface area (TPSA) is 70.6 Å². The monoisotopic (exact) mass is 330 g/mol. The number of hydrogen-bond acceptors (Lipinski definition) is 3. The number of amides is 2. The molecule has 0 spiro atoms. The van der Waals surface area contributed by atoms with Gasteiger partial charge in [-0.1, -0.05) is 0 Å². The van der Waals surface area contributed by atoms with Crippen molar-refractivity contribution in [3.05, 3.63) is 22.7 Å². The molecule has 0 heterocycles. The molecular formula is C13H19BrN2O3. The van der Waals surface area contributed by atoms with Crippen LogP contribution in [-0.4, -0.2) is 30.4 Å². The van der Waals surface area contributed by atoms with Gasteiger partial charge in [-0.05, 0) is 48.3 Å². The summed E-state index contributed by atoms with van der Waals surface area (Å²) in [5.41, 5.74) is 0.176. The van der Waals surface area contributed by atoms with E-state index < -0.39 is 5.54 Å². The summed E-state index contributed by atoms with van der Waals surface area (Å²) in [6, 6.07) is 4.98. The molecule has 1 aromatic carbocycles. The Labute approximate surface area is 121 Å². The largest absolute Gasteiger partial charge is 0.495 e. The molecule has 0 radical (unpaired) electrons. The summed E-state index contributed by atoms with van der Waals surface area (Å²) in [7, 11) is 1.56. The molecule has 5 nitrogen and oxygen atoms in total. The van der Waals surface area contributed by atoms with Crippen molar-refractivity contribution >= 4 is 27.6 Å². The van der Waals surface area contributed by atoms with Crippen LogP contribution in [0.2, 0.25) is 0 Å². The number of aliphatic hydroxyl groups excluding tert-OH is 1. The highest BCUT2D eigenvalue weighted by molar-refractivity contribution is 9.10. The highest BCUT2D eigenvalue weighted by Gasteiger charge is 2.19. The molecule has 0 aliphatic carbocycles. The van der Waals surface area contributed by atoms with E-state index in [9.17, 15) is 4.79 Å². The van der Waals surface area contributed by atoms with Gasteiger partial charge in [-0.2, -0.15) is 0 Å². The van der Waals surface area contributed by atoms with Crippen LogP contribution in [-0.2, 0) is 0 Å². The number of urea groups is 1. The van der Waals surface area contributed by atoms with Crippen LogP contribution in [0.3, 0.4) is 0 Å². The summed E-state index contributed by atoms with van der Waals surface area (Å²) < 4.78 is 5.98. The van der Waals surface area contributed by atoms with Crippen LogP contribution in [0.5, 0.6) is 5.75 Å². The second-order valence-electron chi connectivity index (χ2n) is 4.79. The minimum Gasteiger partial charge on any atom is -0.495 e. The number of halogens is 1. The molecule has 0 fully saturated rings. The van der Waals surface area contributed by atoms with Crippen molar-refractivity contribution in [3.63, 3.8) is 0 Å². The van der Waals surface area contributed by atoms with Crippen molar-refractivity contribution in [3.8, 4) is 5.75 Å². The Morgan fingerprint density at radius 3 is 2.74 bits per heavy atom. The summed E-state index contributed by atoms with van der Waals surface area (Å²) in [5.74, 6) is 0.646. The lowest BCUT2D eigenvalue weighted by Crippen LogP contribution is -2.46. The van der Waals surface area contributed by atoms with E-state index >= 15 is 0 Å². The quantitative estimate of drug-likeness (QED) is 0.777. The molecule has 3 N–H and O–H groups in total. The Bertz CT molecular complexity index is 450. The average Bonchev–Trinajstić information content (AvgIpc) is 2.30. The molecule has 0 aliphatic heterocycles. The molecule has 19 heavy (non-hydrogen) atoms. The number of carbonyl (C=O) groups excluding carboxylic acids is 1. The summed E-state index contributed by atoms with van der Waals surface area (Å²) in [4.78, 5) is 11.8. The van der Waals surface area contributed by atoms with E-state index in [1.54, 1.807) is 25.3 Å². The van der Waals surface area contributed by atoms with E-state index in [0.29, 0.717) is 17.9 Å². The predicted molar refractivity (Wildman–Crippen MR) is 78.6 cm³/mol. The van der Waals surface area contributed by atoms with Gasteiger partial charge in [-0.3, -0.25) is 0 Å². The van der Waals surface area contributed by atoms with Crippen LogP contribution in [0.25, 0.3) is 0 Å². The van der Waals surface area contributed by atoms with Gasteiger partial charge in [0.15, 0.2) is 0 Å². The van der Waals surface area contributed by atoms with Crippen molar-refractivity contribution in [2.24, 2.45) is 0 Å². The van der Waals surface area contributed by atoms with E-state index in [0.717, 1.165) is 4.47 Å². The van der Waals surface area contributed by atoms with Gasteiger partial charge < -0.3 is 20.5 Å². The smallest absolute Gasteiger partial charge is 0.319 e. The van der Waals surface area contributed by atoms with Gasteiger partial charge in [-0.25, -0.2) is 4.79 Å². The number of rotatable bonds is 5. The molecule has 2 amide bonds. The molecule has 1 aromatic rings. The SMILES string of the molecule is COc1cc(NC(=O)NC(C)(C)CCO)ccc1Br. The van der Waals surface area contributed by atoms with E-state index in [1.165, 1.54) is 0 Å². The molecule has 0 atom stereocenters. The van der Waals surface area contributed by atoms with Crippen molar-refractivity contribution in [2.45, 2.75) is 25.8 Å². The zero-order chi connectivity index (χ0) is 14.5. The third kappa shape index (κ3) is 5.08. The highest BCUT2D eigenvalue weighted by Crippen LogP contribution is 2.27. The molecular weight excluding hydrogens is 312 g/mol. The van der Waals surface area contributed by atoms with Crippen LogP contribution in [0.15, 0.2) is 22.7 Å². The van der Waals surface area contributed by atoms with Crippen molar-refractivity contribution in [1.29, 1.82) is 0 Å². The lowest BCUT2D eigenvalue weighted by atomic mass is 10.0. The van der Waals surface area contributed by atoms with Crippen molar-refractivity contribution in [2.75, 3.05) is 19.0 Å². The van der Waals surface area contributed by atoms with Crippen molar-refractivity contribution in [1.82, 2.24) is 5.32 Å². The van der Waals surface area contributed by atoms with Crippen LogP contribution in [0.4, 0.5) is 10.5 Å². The van der Waals surface area contributed by atoms with Crippen LogP contribution >= 0.6 is 15.9 Å². The van der Waals surface area contributed by atoms with Gasteiger partial charge in [0.05, 0.1) is 11.6 Å². The van der Waals surface area contributed by atoms with Crippen LogP contribution < -0.4 is 15.4 Å². The molecule has 0 aliphatic rings. The number of anilines is 1. The van der Waals surface area contributed by atoms with Gasteiger partial charge in [-0.15, -0.1) is 0 Å². The van der Waals surface area contributed by atoms with Gasteiger partial charge in [0.2, 0.25) is 0 Å². The van der Waals surface area contributed by atoms with Crippen LogP contribution in [0, 0.1) is 0 Å². The Morgan fingerprint density at radius 1 is 1.47 bits per heavy atom. The number of benzene rings is 1. The summed E-state index contributed by atoms with van der Waals surface area (Å²) in [5, 5.41) is 14.4. The van der Waals surface area contributed by atoms with Gasteiger partial charge in [0, 0.05) is 23.9 Å². The Kier molecular flexibility index (Phi) is 5.62. The summed E-state index contributed by atoms with van der Waals surface area (Å²) >= 11 is 3.35. The number of methoxy groups -OCH3 is 1. The standard InChI is InChI=1S/C13H19BrN2O3/c1-13(2,6-7-17)16-12(18)15-9-4-5-10(14)11(8-9)19-3/h4-5,8,17H,6-7H2,1-3H3,(H2,15,16,18). The predicted octanol–water partition coefficient (Wildman–Crippen LogP) is 2.74. The maximum absolute atomic E-state index is 11.8. The van der Waals surface area contributed by atoms with E-state index in [1.807, 2.05) is 13.8 Å². The molecule has 6 heteroatoms. The second-order valence-corrected chi connectivity index (χ2v) is 5.64. The lowest BCUT2D eigenvalue weighted by Gasteiger charge is -2.25. The number of ether oxygens (including phenoxy) is 1. The highest BCUT2D eigenvalue weighted by atomic mass is 79.9. The number of nitrogens with one attached hydrogen (secondary N) is 2. The van der Waals surface area contributed by atoms with E-state index in [4.69, 9.17) is 9.84 Å². The maximum atomic E-state index is 11.8. The third-order valence-corrected chi connectivity index (χ3v) is 3.25. The molecule has 0 aromatic heterocycles. The fourth-order valence-corrected chi connectivity index (χ4v) is 1.96. The first-order chi connectivity index (χ1) is 8.88. The molecule has 0 unspecified atom stereocenters. The Hall–Kier alpha value is -1.27. The molecule has 0 saturated heterocycles. The number of carbonyl (C=O) groups is 1. The first-order valence-corrected chi connectivity index (χ1v) is 6.71. The van der Waals surface area contributed by atoms with Gasteiger partial charge >= 0.3 is 6.03 Å². The maximum Gasteiger partial charge on any atom is 0.319 e. The Balaban J connectivity index is 2.67. The summed E-state index contributed by atoms with van der Waals surface area (Å²) in [6.07, 6.45) is 0.490. The van der Waals surface area contributed by atoms with E-state index in [2.05, 4.69) is 26.6 Å². The number of aliphatic hydroxyl groups is 1. The van der Waals surface area contributed by atoms with Crippen LogP contribution in [0.1, 0.15) is 20.3 Å². The van der Waals surface area contributed by atoms with Gasteiger partial charge in [0.1, 0.15) is 5.75 Å². The molecule has 106 valence electrons. The van der Waals surface area contributed by atoms with E-state index in [-0.39, 0.29) is 12.6 Å². The van der Waals surface area contributed by atoms with Gasteiger partial charge in [0.25, 0.3) is 0 Å². The summed E-state index contributed by atoms with van der Waals surface area (Å²) in [6.45, 7) is 3.73. The minimum absolute atomic E-state index is 0.0272. The molecule has 0 saturated carbocycles. The first-order valence-electron chi connectivity index (χ1n) is 5.91. The fraction of sp³-hybridized carbons (Fsp3) is 0.462. The zero-order valence-corrected chi connectivity index (χ0v) is 12.9. The Morgan fingerprint density at radius 2 is 2.16 bits per heavy atom.